The second-order valence-corrected chi connectivity index (χ2v) is 7.04. The van der Waals surface area contributed by atoms with Gasteiger partial charge in [-0.05, 0) is 44.5 Å². The van der Waals surface area contributed by atoms with Gasteiger partial charge in [0.15, 0.2) is 0 Å². The molecule has 0 radical (unpaired) electrons. The molecule has 0 amide bonds. The third-order valence-electron chi connectivity index (χ3n) is 3.36. The van der Waals surface area contributed by atoms with Gasteiger partial charge in [0.25, 0.3) is 0 Å². The normalized spacial score (nSPS) is 17.2. The van der Waals surface area contributed by atoms with E-state index in [1.165, 1.54) is 26.0 Å². The maximum atomic E-state index is 11.7. The van der Waals surface area contributed by atoms with Crippen LogP contribution in [0.1, 0.15) is 26.2 Å². The highest BCUT2D eigenvalue weighted by molar-refractivity contribution is 7.89. The van der Waals surface area contributed by atoms with Crippen LogP contribution < -0.4 is 15.8 Å². The average molecular weight is 283 g/mol. The van der Waals surface area contributed by atoms with E-state index in [2.05, 4.69) is 17.0 Å². The van der Waals surface area contributed by atoms with Crippen molar-refractivity contribution in [3.63, 3.8) is 0 Å². The fourth-order valence-electron chi connectivity index (χ4n) is 2.19. The van der Waals surface area contributed by atoms with E-state index in [1.54, 1.807) is 12.1 Å². The van der Waals surface area contributed by atoms with Gasteiger partial charge >= 0.3 is 0 Å². The highest BCUT2D eigenvalue weighted by atomic mass is 32.2. The molecule has 0 aromatic heterocycles. The highest BCUT2D eigenvalue weighted by Crippen LogP contribution is 2.34. The number of nitrogen functional groups attached to an aromatic ring is 1. The lowest BCUT2D eigenvalue weighted by atomic mass is 10.1. The Kier molecular flexibility index (Phi) is 4.01. The molecule has 0 heterocycles. The van der Waals surface area contributed by atoms with Crippen molar-refractivity contribution >= 4 is 21.4 Å². The molecule has 0 aliphatic heterocycles. The second kappa shape index (κ2) is 5.38. The van der Waals surface area contributed by atoms with Crippen LogP contribution in [0.5, 0.6) is 0 Å². The van der Waals surface area contributed by atoms with Crippen LogP contribution in [-0.4, -0.2) is 21.5 Å². The minimum absolute atomic E-state index is 0.121. The van der Waals surface area contributed by atoms with E-state index in [-0.39, 0.29) is 10.6 Å². The van der Waals surface area contributed by atoms with Crippen LogP contribution in [0.15, 0.2) is 23.1 Å². The summed E-state index contributed by atoms with van der Waals surface area (Å²) >= 11 is 0. The zero-order valence-electron chi connectivity index (χ0n) is 11.3. The summed E-state index contributed by atoms with van der Waals surface area (Å²) in [6, 6.07) is 5.34. The van der Waals surface area contributed by atoms with Gasteiger partial charge in [-0.25, -0.2) is 13.1 Å². The quantitative estimate of drug-likeness (QED) is 0.695. The van der Waals surface area contributed by atoms with Gasteiger partial charge in [-0.3, -0.25) is 0 Å². The monoisotopic (exact) mass is 283 g/mol. The standard InChI is InChI=1S/C13H21N3O2S/c1-9(7-10-3-4-10)16-11-5-6-13(12(14)8-11)19(17,18)15-2/h5-6,8-10,15-16H,3-4,7,14H2,1-2H3. The Morgan fingerprint density at radius 1 is 1.42 bits per heavy atom. The molecule has 19 heavy (non-hydrogen) atoms. The van der Waals surface area contributed by atoms with Crippen molar-refractivity contribution in [1.82, 2.24) is 4.72 Å². The number of anilines is 2. The maximum Gasteiger partial charge on any atom is 0.242 e. The van der Waals surface area contributed by atoms with Crippen molar-refractivity contribution in [2.24, 2.45) is 5.92 Å². The fraction of sp³-hybridized carbons (Fsp3) is 0.538. The highest BCUT2D eigenvalue weighted by Gasteiger charge is 2.23. The third kappa shape index (κ3) is 3.61. The number of nitrogens with one attached hydrogen (secondary N) is 2. The van der Waals surface area contributed by atoms with Gasteiger partial charge in [-0.1, -0.05) is 12.8 Å². The van der Waals surface area contributed by atoms with Gasteiger partial charge in [-0.15, -0.1) is 0 Å². The summed E-state index contributed by atoms with van der Waals surface area (Å²) in [7, 11) is -2.11. The predicted molar refractivity (Wildman–Crippen MR) is 77.5 cm³/mol. The summed E-state index contributed by atoms with van der Waals surface area (Å²) in [6.07, 6.45) is 3.80. The number of benzene rings is 1. The Balaban J connectivity index is 2.09. The molecule has 1 atom stereocenters. The van der Waals surface area contributed by atoms with Crippen LogP contribution in [0.3, 0.4) is 0 Å². The zero-order chi connectivity index (χ0) is 14.0. The van der Waals surface area contributed by atoms with E-state index in [4.69, 9.17) is 5.73 Å². The van der Waals surface area contributed by atoms with E-state index >= 15 is 0 Å². The molecular formula is C13H21N3O2S. The molecule has 0 bridgehead atoms. The largest absolute Gasteiger partial charge is 0.398 e. The molecule has 6 heteroatoms. The first-order valence-corrected chi connectivity index (χ1v) is 8.00. The lowest BCUT2D eigenvalue weighted by Gasteiger charge is -2.16. The smallest absolute Gasteiger partial charge is 0.242 e. The van der Waals surface area contributed by atoms with Crippen molar-refractivity contribution in [3.05, 3.63) is 18.2 Å². The molecule has 5 nitrogen and oxygen atoms in total. The van der Waals surface area contributed by atoms with Crippen LogP contribution in [0, 0.1) is 5.92 Å². The molecule has 106 valence electrons. The van der Waals surface area contributed by atoms with Crippen LogP contribution in [0.2, 0.25) is 0 Å². The number of hydrogen-bond donors (Lipinski definition) is 3. The second-order valence-electron chi connectivity index (χ2n) is 5.18. The van der Waals surface area contributed by atoms with Gasteiger partial charge in [0.1, 0.15) is 4.90 Å². The first-order valence-electron chi connectivity index (χ1n) is 6.52. The third-order valence-corrected chi connectivity index (χ3v) is 4.85. The minimum Gasteiger partial charge on any atom is -0.398 e. The summed E-state index contributed by atoms with van der Waals surface area (Å²) in [4.78, 5) is 0.121. The Hall–Kier alpha value is -1.27. The Labute approximate surface area is 114 Å². The molecule has 1 aromatic carbocycles. The molecule has 1 unspecified atom stereocenters. The molecule has 4 N–H and O–H groups in total. The number of sulfonamides is 1. The molecule has 0 spiro atoms. The Bertz CT molecular complexity index is 553. The Morgan fingerprint density at radius 2 is 2.11 bits per heavy atom. The van der Waals surface area contributed by atoms with Crippen LogP contribution in [0.4, 0.5) is 11.4 Å². The molecular weight excluding hydrogens is 262 g/mol. The van der Waals surface area contributed by atoms with Crippen molar-refractivity contribution in [2.45, 2.75) is 37.1 Å². The molecule has 1 aliphatic rings. The van der Waals surface area contributed by atoms with Crippen molar-refractivity contribution in [1.29, 1.82) is 0 Å². The van der Waals surface area contributed by atoms with Crippen LogP contribution in [-0.2, 0) is 10.0 Å². The molecule has 1 saturated carbocycles. The lowest BCUT2D eigenvalue weighted by Crippen LogP contribution is -2.20. The van der Waals surface area contributed by atoms with E-state index in [0.717, 1.165) is 18.0 Å². The van der Waals surface area contributed by atoms with E-state index in [9.17, 15) is 8.42 Å². The minimum atomic E-state index is -3.49. The molecule has 0 saturated heterocycles. The molecule has 1 aliphatic carbocycles. The average Bonchev–Trinajstić information content (AvgIpc) is 3.12. The van der Waals surface area contributed by atoms with E-state index in [1.807, 2.05) is 0 Å². The first-order chi connectivity index (χ1) is 8.92. The van der Waals surface area contributed by atoms with E-state index < -0.39 is 10.0 Å². The first kappa shape index (κ1) is 14.1. The summed E-state index contributed by atoms with van der Waals surface area (Å²) in [5, 5.41) is 3.36. The van der Waals surface area contributed by atoms with Crippen molar-refractivity contribution in [3.8, 4) is 0 Å². The number of rotatable bonds is 6. The zero-order valence-corrected chi connectivity index (χ0v) is 12.1. The lowest BCUT2D eigenvalue weighted by molar-refractivity contribution is 0.588. The molecule has 1 fully saturated rings. The van der Waals surface area contributed by atoms with Gasteiger partial charge in [0.05, 0.1) is 5.69 Å². The van der Waals surface area contributed by atoms with Gasteiger partial charge in [0.2, 0.25) is 10.0 Å². The van der Waals surface area contributed by atoms with Crippen molar-refractivity contribution in [2.75, 3.05) is 18.1 Å². The SMILES string of the molecule is CNS(=O)(=O)c1ccc(NC(C)CC2CC2)cc1N. The van der Waals surface area contributed by atoms with Gasteiger partial charge in [-0.2, -0.15) is 0 Å². The Morgan fingerprint density at radius 3 is 2.63 bits per heavy atom. The molecule has 2 rings (SSSR count). The maximum absolute atomic E-state index is 11.7. The topological polar surface area (TPSA) is 84.2 Å². The summed E-state index contributed by atoms with van der Waals surface area (Å²) in [5.41, 5.74) is 6.94. The van der Waals surface area contributed by atoms with Gasteiger partial charge in [0, 0.05) is 11.7 Å². The summed E-state index contributed by atoms with van der Waals surface area (Å²) < 4.78 is 25.7. The van der Waals surface area contributed by atoms with Crippen LogP contribution >= 0.6 is 0 Å². The van der Waals surface area contributed by atoms with Crippen LogP contribution in [0.25, 0.3) is 0 Å². The van der Waals surface area contributed by atoms with Crippen molar-refractivity contribution < 1.29 is 8.42 Å². The molecule has 1 aromatic rings. The van der Waals surface area contributed by atoms with Gasteiger partial charge < -0.3 is 11.1 Å². The predicted octanol–water partition coefficient (Wildman–Crippen LogP) is 1.78. The summed E-state index contributed by atoms with van der Waals surface area (Å²) in [6.45, 7) is 2.13. The summed E-state index contributed by atoms with van der Waals surface area (Å²) in [5.74, 6) is 0.851. The van der Waals surface area contributed by atoms with E-state index in [0.29, 0.717) is 6.04 Å². The number of nitrogens with two attached hydrogens (primary N) is 1. The number of hydrogen-bond acceptors (Lipinski definition) is 4. The fourth-order valence-corrected chi connectivity index (χ4v) is 3.03.